The molecule has 0 fully saturated rings. The summed E-state index contributed by atoms with van der Waals surface area (Å²) in [5, 5.41) is 3.30. The molecule has 0 bridgehead atoms. The number of anilines is 1. The third kappa shape index (κ3) is 3.30. The molecule has 0 saturated carbocycles. The van der Waals surface area contributed by atoms with E-state index in [0.29, 0.717) is 0 Å². The minimum absolute atomic E-state index is 0.975. The Bertz CT molecular complexity index is 237. The number of nitrogens with one attached hydrogen (secondary N) is 1. The molecule has 0 saturated heterocycles. The highest BCUT2D eigenvalue weighted by molar-refractivity contribution is 5.35. The van der Waals surface area contributed by atoms with Gasteiger partial charge in [0.25, 0.3) is 0 Å². The molecule has 1 aromatic rings. The summed E-state index contributed by atoms with van der Waals surface area (Å²) in [5.74, 6) is 1.00. The molecule has 0 aliphatic carbocycles. The second-order valence-corrected chi connectivity index (χ2v) is 3.00. The summed E-state index contributed by atoms with van der Waals surface area (Å²) in [5.41, 5.74) is 0. The van der Waals surface area contributed by atoms with E-state index in [2.05, 4.69) is 34.0 Å². The van der Waals surface area contributed by atoms with E-state index in [1.807, 2.05) is 6.07 Å². The normalized spacial score (nSPS) is 10.1. The number of hydrogen-bond acceptors (Lipinski definition) is 4. The van der Waals surface area contributed by atoms with Crippen LogP contribution in [-0.4, -0.2) is 36.1 Å². The van der Waals surface area contributed by atoms with E-state index < -0.39 is 0 Å². The molecule has 78 valence electrons. The van der Waals surface area contributed by atoms with Crippen molar-refractivity contribution in [1.29, 1.82) is 0 Å². The molecule has 4 nitrogen and oxygen atoms in total. The topological polar surface area (TPSA) is 41.0 Å². The maximum atomic E-state index is 4.22. The Labute approximate surface area is 85.4 Å². The van der Waals surface area contributed by atoms with E-state index in [9.17, 15) is 0 Å². The van der Waals surface area contributed by atoms with E-state index in [1.165, 1.54) is 0 Å². The molecule has 1 N–H and O–H groups in total. The van der Waals surface area contributed by atoms with Gasteiger partial charge in [-0.25, -0.2) is 9.97 Å². The van der Waals surface area contributed by atoms with Crippen LogP contribution in [0.2, 0.25) is 0 Å². The van der Waals surface area contributed by atoms with Crippen molar-refractivity contribution < 1.29 is 0 Å². The van der Waals surface area contributed by atoms with Crippen molar-refractivity contribution >= 4 is 5.82 Å². The highest BCUT2D eigenvalue weighted by Gasteiger charge is 2.03. The van der Waals surface area contributed by atoms with E-state index >= 15 is 0 Å². The fourth-order valence-electron chi connectivity index (χ4n) is 1.30. The van der Waals surface area contributed by atoms with Gasteiger partial charge in [0, 0.05) is 25.8 Å². The summed E-state index contributed by atoms with van der Waals surface area (Å²) in [4.78, 5) is 10.3. The Morgan fingerprint density at radius 1 is 1.43 bits per heavy atom. The molecule has 1 aromatic heterocycles. The maximum Gasteiger partial charge on any atom is 0.131 e. The molecule has 4 heteroatoms. The zero-order chi connectivity index (χ0) is 10.2. The molecular formula is C10H18N4. The molecule has 0 spiro atoms. The number of nitrogens with zero attached hydrogens (tertiary/aromatic N) is 3. The Balaban J connectivity index is 2.46. The van der Waals surface area contributed by atoms with Crippen LogP contribution in [0.25, 0.3) is 0 Å². The van der Waals surface area contributed by atoms with Gasteiger partial charge >= 0.3 is 0 Å². The molecule has 0 amide bonds. The van der Waals surface area contributed by atoms with E-state index in [4.69, 9.17) is 0 Å². The van der Waals surface area contributed by atoms with Gasteiger partial charge in [0.05, 0.1) is 0 Å². The number of hydrogen-bond donors (Lipinski definition) is 1. The second-order valence-electron chi connectivity index (χ2n) is 3.00. The van der Waals surface area contributed by atoms with Gasteiger partial charge in [-0.2, -0.15) is 0 Å². The summed E-state index contributed by atoms with van der Waals surface area (Å²) in [6, 6.07) is 1.94. The van der Waals surface area contributed by atoms with Gasteiger partial charge in [0.15, 0.2) is 0 Å². The average Bonchev–Trinajstić information content (AvgIpc) is 2.26. The Kier molecular flexibility index (Phi) is 4.93. The van der Waals surface area contributed by atoms with Gasteiger partial charge in [0.2, 0.25) is 0 Å². The van der Waals surface area contributed by atoms with Crippen LogP contribution in [0.3, 0.4) is 0 Å². The van der Waals surface area contributed by atoms with Crippen LogP contribution in [0.5, 0.6) is 0 Å². The minimum atomic E-state index is 0.975. The average molecular weight is 194 g/mol. The van der Waals surface area contributed by atoms with Crippen LogP contribution in [0, 0.1) is 0 Å². The molecule has 0 aliphatic heterocycles. The number of aromatic nitrogens is 2. The Hall–Kier alpha value is -1.16. The monoisotopic (exact) mass is 194 g/mol. The lowest BCUT2D eigenvalue weighted by Crippen LogP contribution is -2.32. The number of rotatable bonds is 6. The lowest BCUT2D eigenvalue weighted by Gasteiger charge is -2.21. The first-order valence-corrected chi connectivity index (χ1v) is 5.10. The fraction of sp³-hybridized carbons (Fsp3) is 0.600. The van der Waals surface area contributed by atoms with Crippen molar-refractivity contribution in [2.24, 2.45) is 0 Å². The molecule has 0 unspecified atom stereocenters. The van der Waals surface area contributed by atoms with Crippen LogP contribution in [0.1, 0.15) is 13.8 Å². The van der Waals surface area contributed by atoms with Crippen molar-refractivity contribution in [3.8, 4) is 0 Å². The lowest BCUT2D eigenvalue weighted by molar-refractivity contribution is 0.683. The smallest absolute Gasteiger partial charge is 0.131 e. The van der Waals surface area contributed by atoms with Gasteiger partial charge in [-0.1, -0.05) is 6.92 Å². The quantitative estimate of drug-likeness (QED) is 0.683. The lowest BCUT2D eigenvalue weighted by atomic mass is 10.4. The third-order valence-corrected chi connectivity index (χ3v) is 2.08. The second kappa shape index (κ2) is 6.32. The van der Waals surface area contributed by atoms with Crippen molar-refractivity contribution in [3.05, 3.63) is 18.6 Å². The molecule has 1 heterocycles. The van der Waals surface area contributed by atoms with Gasteiger partial charge in [-0.05, 0) is 19.5 Å². The molecule has 0 radical (unpaired) electrons. The zero-order valence-corrected chi connectivity index (χ0v) is 8.90. The molecular weight excluding hydrogens is 176 g/mol. The van der Waals surface area contributed by atoms with Crippen molar-refractivity contribution in [1.82, 2.24) is 15.3 Å². The van der Waals surface area contributed by atoms with E-state index in [-0.39, 0.29) is 0 Å². The van der Waals surface area contributed by atoms with Gasteiger partial charge < -0.3 is 10.2 Å². The largest absolute Gasteiger partial charge is 0.356 e. The molecule has 0 aliphatic rings. The Morgan fingerprint density at radius 2 is 2.29 bits per heavy atom. The molecule has 14 heavy (non-hydrogen) atoms. The standard InChI is InChI=1S/C10H18N4/c1-3-11-7-8-14(4-2)10-5-6-12-9-13-10/h5-6,9,11H,3-4,7-8H2,1-2H3. The van der Waals surface area contributed by atoms with E-state index in [0.717, 1.165) is 32.0 Å². The van der Waals surface area contributed by atoms with Gasteiger partial charge in [-0.15, -0.1) is 0 Å². The van der Waals surface area contributed by atoms with Crippen LogP contribution in [0.4, 0.5) is 5.82 Å². The zero-order valence-electron chi connectivity index (χ0n) is 8.90. The minimum Gasteiger partial charge on any atom is -0.356 e. The van der Waals surface area contributed by atoms with Crippen molar-refractivity contribution in [3.63, 3.8) is 0 Å². The van der Waals surface area contributed by atoms with Crippen LogP contribution in [0.15, 0.2) is 18.6 Å². The summed E-state index contributed by atoms with van der Waals surface area (Å²) in [7, 11) is 0. The van der Waals surface area contributed by atoms with Crippen molar-refractivity contribution in [2.45, 2.75) is 13.8 Å². The fourth-order valence-corrected chi connectivity index (χ4v) is 1.30. The predicted octanol–water partition coefficient (Wildman–Crippen LogP) is 0.912. The maximum absolute atomic E-state index is 4.22. The Morgan fingerprint density at radius 3 is 2.86 bits per heavy atom. The highest BCUT2D eigenvalue weighted by atomic mass is 15.2. The summed E-state index contributed by atoms with van der Waals surface area (Å²) in [6.45, 7) is 8.22. The first-order valence-electron chi connectivity index (χ1n) is 5.10. The summed E-state index contributed by atoms with van der Waals surface area (Å²) < 4.78 is 0. The van der Waals surface area contributed by atoms with E-state index in [1.54, 1.807) is 12.5 Å². The van der Waals surface area contributed by atoms with Gasteiger partial charge in [0.1, 0.15) is 12.1 Å². The first-order chi connectivity index (χ1) is 6.88. The predicted molar refractivity (Wildman–Crippen MR) is 58.5 cm³/mol. The third-order valence-electron chi connectivity index (χ3n) is 2.08. The van der Waals surface area contributed by atoms with Crippen LogP contribution in [-0.2, 0) is 0 Å². The first kappa shape index (κ1) is 10.9. The molecule has 0 aromatic carbocycles. The summed E-state index contributed by atoms with van der Waals surface area (Å²) in [6.07, 6.45) is 3.36. The SMILES string of the molecule is CCNCCN(CC)c1ccncn1. The highest BCUT2D eigenvalue weighted by Crippen LogP contribution is 2.06. The van der Waals surface area contributed by atoms with Crippen LogP contribution >= 0.6 is 0 Å². The van der Waals surface area contributed by atoms with Crippen molar-refractivity contribution in [2.75, 3.05) is 31.1 Å². The molecule has 1 rings (SSSR count). The van der Waals surface area contributed by atoms with Gasteiger partial charge in [-0.3, -0.25) is 0 Å². The van der Waals surface area contributed by atoms with Crippen LogP contribution < -0.4 is 10.2 Å². The summed E-state index contributed by atoms with van der Waals surface area (Å²) >= 11 is 0. The molecule has 0 atom stereocenters. The number of likely N-dealkylation sites (N-methyl/N-ethyl adjacent to an activating group) is 2.